The van der Waals surface area contributed by atoms with Crippen molar-refractivity contribution >= 4 is 0 Å². The molecular weight excluding hydrogens is 210 g/mol. The molecule has 2 aliphatic rings. The van der Waals surface area contributed by atoms with Crippen LogP contribution in [0, 0.1) is 0 Å². The lowest BCUT2D eigenvalue weighted by atomic mass is 9.94. The van der Waals surface area contributed by atoms with Gasteiger partial charge in [0.25, 0.3) is 0 Å². The predicted molar refractivity (Wildman–Crippen MR) is 69.1 cm³/mol. The van der Waals surface area contributed by atoms with Crippen LogP contribution in [0.4, 0.5) is 0 Å². The van der Waals surface area contributed by atoms with Crippen LogP contribution in [-0.4, -0.2) is 18.7 Å². The zero-order chi connectivity index (χ0) is 11.7. The highest BCUT2D eigenvalue weighted by Gasteiger charge is 2.33. The molecule has 17 heavy (non-hydrogen) atoms. The van der Waals surface area contributed by atoms with E-state index in [-0.39, 0.29) is 5.60 Å². The summed E-state index contributed by atoms with van der Waals surface area (Å²) in [5.41, 5.74) is 2.98. The first-order valence-corrected chi connectivity index (χ1v) is 6.73. The Balaban J connectivity index is 1.74. The molecule has 0 amide bonds. The van der Waals surface area contributed by atoms with Crippen molar-refractivity contribution in [3.63, 3.8) is 0 Å². The molecule has 1 atom stereocenters. The molecule has 0 saturated carbocycles. The van der Waals surface area contributed by atoms with Gasteiger partial charge in [-0.05, 0) is 56.8 Å². The molecule has 1 fully saturated rings. The Hall–Kier alpha value is -0.860. The van der Waals surface area contributed by atoms with E-state index in [2.05, 4.69) is 36.5 Å². The molecule has 92 valence electrons. The zero-order valence-electron chi connectivity index (χ0n) is 10.5. The summed E-state index contributed by atoms with van der Waals surface area (Å²) in [6.07, 6.45) is 4.92. The van der Waals surface area contributed by atoms with Gasteiger partial charge in [0, 0.05) is 0 Å². The molecule has 1 heterocycles. The molecule has 3 rings (SSSR count). The summed E-state index contributed by atoms with van der Waals surface area (Å²) < 4.78 is 6.43. The molecule has 1 unspecified atom stereocenters. The maximum Gasteiger partial charge on any atom is 0.0838 e. The number of piperidine rings is 1. The summed E-state index contributed by atoms with van der Waals surface area (Å²) in [6.45, 7) is 4.45. The van der Waals surface area contributed by atoms with Gasteiger partial charge in [0.15, 0.2) is 0 Å². The molecule has 0 bridgehead atoms. The molecule has 0 radical (unpaired) electrons. The quantitative estimate of drug-likeness (QED) is 0.845. The summed E-state index contributed by atoms with van der Waals surface area (Å²) in [7, 11) is 0. The molecule has 0 spiro atoms. The van der Waals surface area contributed by atoms with Crippen LogP contribution in [0.2, 0.25) is 0 Å². The van der Waals surface area contributed by atoms with E-state index >= 15 is 0 Å². The zero-order valence-corrected chi connectivity index (χ0v) is 10.5. The van der Waals surface area contributed by atoms with E-state index in [1.165, 1.54) is 17.5 Å². The van der Waals surface area contributed by atoms with Crippen LogP contribution in [0.3, 0.4) is 0 Å². The van der Waals surface area contributed by atoms with Crippen LogP contribution in [0.15, 0.2) is 24.3 Å². The van der Waals surface area contributed by atoms with Crippen molar-refractivity contribution in [3.8, 4) is 0 Å². The second-order valence-corrected chi connectivity index (χ2v) is 5.54. The number of aryl methyl sites for hydroxylation is 1. The molecule has 1 N–H and O–H groups in total. The first-order chi connectivity index (χ1) is 8.27. The fraction of sp³-hybridized carbons (Fsp3) is 0.600. The number of rotatable bonds is 2. The Morgan fingerprint density at radius 1 is 1.24 bits per heavy atom. The third-order valence-corrected chi connectivity index (χ3v) is 4.17. The fourth-order valence-corrected chi connectivity index (χ4v) is 3.06. The van der Waals surface area contributed by atoms with Crippen LogP contribution in [-0.2, 0) is 11.2 Å². The van der Waals surface area contributed by atoms with Crippen molar-refractivity contribution < 1.29 is 4.74 Å². The lowest BCUT2D eigenvalue weighted by molar-refractivity contribution is -0.0994. The number of ether oxygens (including phenoxy) is 1. The topological polar surface area (TPSA) is 21.3 Å². The van der Waals surface area contributed by atoms with Crippen molar-refractivity contribution in [1.82, 2.24) is 5.32 Å². The van der Waals surface area contributed by atoms with Crippen LogP contribution < -0.4 is 5.32 Å². The van der Waals surface area contributed by atoms with Crippen LogP contribution in [0.25, 0.3) is 0 Å². The van der Waals surface area contributed by atoms with Gasteiger partial charge < -0.3 is 10.1 Å². The average Bonchev–Trinajstić information content (AvgIpc) is 2.73. The Bertz CT molecular complexity index is 396. The SMILES string of the molecule is CC1(OC2CCc3ccccc32)CCNCC1. The highest BCUT2D eigenvalue weighted by Crippen LogP contribution is 2.38. The lowest BCUT2D eigenvalue weighted by Gasteiger charge is -2.36. The standard InChI is InChI=1S/C15H21NO/c1-15(8-10-16-11-9-15)17-14-7-6-12-4-2-3-5-13(12)14/h2-5,14,16H,6-11H2,1H3. The number of hydrogen-bond acceptors (Lipinski definition) is 2. The van der Waals surface area contributed by atoms with Gasteiger partial charge in [-0.2, -0.15) is 0 Å². The minimum Gasteiger partial charge on any atom is -0.367 e. The summed E-state index contributed by atoms with van der Waals surface area (Å²) in [4.78, 5) is 0. The molecule has 2 nitrogen and oxygen atoms in total. The van der Waals surface area contributed by atoms with Gasteiger partial charge in [-0.25, -0.2) is 0 Å². The van der Waals surface area contributed by atoms with Crippen molar-refractivity contribution in [2.24, 2.45) is 0 Å². The van der Waals surface area contributed by atoms with Gasteiger partial charge >= 0.3 is 0 Å². The molecule has 1 aliphatic heterocycles. The van der Waals surface area contributed by atoms with Crippen LogP contribution >= 0.6 is 0 Å². The van der Waals surface area contributed by atoms with Crippen LogP contribution in [0.5, 0.6) is 0 Å². The van der Waals surface area contributed by atoms with E-state index in [9.17, 15) is 0 Å². The van der Waals surface area contributed by atoms with Crippen molar-refractivity contribution in [2.75, 3.05) is 13.1 Å². The summed E-state index contributed by atoms with van der Waals surface area (Å²) >= 11 is 0. The minimum atomic E-state index is 0.0768. The number of benzene rings is 1. The maximum absolute atomic E-state index is 6.43. The maximum atomic E-state index is 6.43. The molecule has 1 aromatic carbocycles. The van der Waals surface area contributed by atoms with Crippen LogP contribution in [0.1, 0.15) is 43.4 Å². The lowest BCUT2D eigenvalue weighted by Crippen LogP contribution is -2.42. The number of nitrogens with one attached hydrogen (secondary N) is 1. The van der Waals surface area contributed by atoms with Crippen molar-refractivity contribution in [1.29, 1.82) is 0 Å². The monoisotopic (exact) mass is 231 g/mol. The Morgan fingerprint density at radius 3 is 2.82 bits per heavy atom. The largest absolute Gasteiger partial charge is 0.367 e. The number of fused-ring (bicyclic) bond motifs is 1. The molecule has 2 heteroatoms. The Labute approximate surface area is 103 Å². The Kier molecular flexibility index (Phi) is 2.93. The molecule has 1 aromatic rings. The summed E-state index contributed by atoms with van der Waals surface area (Å²) in [6, 6.07) is 8.74. The Morgan fingerprint density at radius 2 is 2.00 bits per heavy atom. The van der Waals surface area contributed by atoms with Gasteiger partial charge in [-0.15, -0.1) is 0 Å². The van der Waals surface area contributed by atoms with Crippen molar-refractivity contribution in [3.05, 3.63) is 35.4 Å². The second kappa shape index (κ2) is 4.43. The first kappa shape index (κ1) is 11.2. The normalized spacial score (nSPS) is 26.8. The molecule has 0 aromatic heterocycles. The van der Waals surface area contributed by atoms with E-state index in [1.807, 2.05) is 0 Å². The van der Waals surface area contributed by atoms with E-state index in [0.29, 0.717) is 6.10 Å². The van der Waals surface area contributed by atoms with E-state index < -0.39 is 0 Å². The average molecular weight is 231 g/mol. The third kappa shape index (κ3) is 2.24. The number of hydrogen-bond donors (Lipinski definition) is 1. The second-order valence-electron chi connectivity index (χ2n) is 5.54. The van der Waals surface area contributed by atoms with E-state index in [4.69, 9.17) is 4.74 Å². The predicted octanol–water partition coefficient (Wildman–Crippen LogP) is 2.83. The van der Waals surface area contributed by atoms with Gasteiger partial charge in [-0.1, -0.05) is 24.3 Å². The third-order valence-electron chi connectivity index (χ3n) is 4.17. The molecule has 1 saturated heterocycles. The van der Waals surface area contributed by atoms with Gasteiger partial charge in [-0.3, -0.25) is 0 Å². The molecular formula is C15H21NO. The van der Waals surface area contributed by atoms with Gasteiger partial charge in [0.05, 0.1) is 11.7 Å². The molecule has 1 aliphatic carbocycles. The summed E-state index contributed by atoms with van der Waals surface area (Å²) in [5, 5.41) is 3.40. The van der Waals surface area contributed by atoms with E-state index in [1.54, 1.807) is 0 Å². The van der Waals surface area contributed by atoms with Crippen molar-refractivity contribution in [2.45, 2.75) is 44.3 Å². The summed E-state index contributed by atoms with van der Waals surface area (Å²) in [5.74, 6) is 0. The van der Waals surface area contributed by atoms with Gasteiger partial charge in [0.1, 0.15) is 0 Å². The first-order valence-electron chi connectivity index (χ1n) is 6.73. The highest BCUT2D eigenvalue weighted by molar-refractivity contribution is 5.33. The van der Waals surface area contributed by atoms with E-state index in [0.717, 1.165) is 32.4 Å². The smallest absolute Gasteiger partial charge is 0.0838 e. The fourth-order valence-electron chi connectivity index (χ4n) is 3.06. The van der Waals surface area contributed by atoms with Gasteiger partial charge in [0.2, 0.25) is 0 Å². The minimum absolute atomic E-state index is 0.0768. The highest BCUT2D eigenvalue weighted by atomic mass is 16.5.